The van der Waals surface area contributed by atoms with E-state index >= 15 is 0 Å². The number of hydrogen-bond acceptors (Lipinski definition) is 1. The number of allylic oxidation sites excluding steroid dienone is 2. The van der Waals surface area contributed by atoms with Crippen molar-refractivity contribution in [3.05, 3.63) is 24.3 Å². The van der Waals surface area contributed by atoms with Crippen LogP contribution in [0.4, 0.5) is 0 Å². The maximum atomic E-state index is 4.30. The first-order valence-corrected chi connectivity index (χ1v) is 4.08. The van der Waals surface area contributed by atoms with Gasteiger partial charge in [0.1, 0.15) is 5.82 Å². The van der Waals surface area contributed by atoms with Crippen molar-refractivity contribution in [2.45, 2.75) is 26.3 Å². The lowest BCUT2D eigenvalue weighted by atomic mass is 10.1. The molecule has 0 unspecified atom stereocenters. The Labute approximate surface area is 66.6 Å². The van der Waals surface area contributed by atoms with Crippen molar-refractivity contribution in [2.24, 2.45) is 0 Å². The fourth-order valence-corrected chi connectivity index (χ4v) is 1.60. The quantitative estimate of drug-likeness (QED) is 0.550. The lowest BCUT2D eigenvalue weighted by Gasteiger charge is -2.15. The minimum Gasteiger partial charge on any atom is -0.331 e. The average molecular weight is 148 g/mol. The van der Waals surface area contributed by atoms with Crippen molar-refractivity contribution >= 4 is 5.57 Å². The molecule has 0 atom stereocenters. The van der Waals surface area contributed by atoms with Crippen molar-refractivity contribution < 1.29 is 0 Å². The molecule has 2 nitrogen and oxygen atoms in total. The number of hydrogen-bond donors (Lipinski definition) is 0. The first-order valence-electron chi connectivity index (χ1n) is 4.08. The van der Waals surface area contributed by atoms with Crippen LogP contribution < -0.4 is 0 Å². The zero-order chi connectivity index (χ0) is 7.68. The van der Waals surface area contributed by atoms with Gasteiger partial charge in [0.2, 0.25) is 0 Å². The van der Waals surface area contributed by atoms with E-state index in [4.69, 9.17) is 0 Å². The standard InChI is InChI=1S/C9H12N2/c1-2-8-4-3-6-11-7-5-10-9(8)11/h2,5,7H,3-4,6H2,1H3/b8-2+. The molecule has 0 aliphatic carbocycles. The first-order chi connectivity index (χ1) is 5.42. The minimum absolute atomic E-state index is 1.13. The molecule has 2 heteroatoms. The van der Waals surface area contributed by atoms with Crippen LogP contribution in [0.3, 0.4) is 0 Å². The largest absolute Gasteiger partial charge is 0.331 e. The third kappa shape index (κ3) is 0.985. The highest BCUT2D eigenvalue weighted by molar-refractivity contribution is 5.60. The molecule has 11 heavy (non-hydrogen) atoms. The molecule has 1 aromatic heterocycles. The Kier molecular flexibility index (Phi) is 1.53. The van der Waals surface area contributed by atoms with E-state index in [-0.39, 0.29) is 0 Å². The molecule has 1 aliphatic heterocycles. The third-order valence-electron chi connectivity index (χ3n) is 2.20. The van der Waals surface area contributed by atoms with Gasteiger partial charge >= 0.3 is 0 Å². The molecule has 2 rings (SSSR count). The Morgan fingerprint density at radius 3 is 3.36 bits per heavy atom. The molecule has 0 bridgehead atoms. The molecule has 0 radical (unpaired) electrons. The Balaban J connectivity index is 2.48. The third-order valence-corrected chi connectivity index (χ3v) is 2.20. The molecule has 2 heterocycles. The summed E-state index contributed by atoms with van der Waals surface area (Å²) in [5.74, 6) is 1.17. The van der Waals surface area contributed by atoms with Crippen LogP contribution in [0, 0.1) is 0 Å². The molecule has 1 aromatic rings. The lowest BCUT2D eigenvalue weighted by Crippen LogP contribution is -2.08. The molecule has 0 amide bonds. The van der Waals surface area contributed by atoms with Crippen molar-refractivity contribution in [1.82, 2.24) is 9.55 Å². The second-order valence-corrected chi connectivity index (χ2v) is 2.86. The van der Waals surface area contributed by atoms with Gasteiger partial charge in [-0.3, -0.25) is 0 Å². The first kappa shape index (κ1) is 6.65. The number of aryl methyl sites for hydroxylation is 1. The van der Waals surface area contributed by atoms with E-state index in [0.717, 1.165) is 6.54 Å². The molecule has 0 saturated carbocycles. The summed E-state index contributed by atoms with van der Waals surface area (Å²) >= 11 is 0. The fraction of sp³-hybridized carbons (Fsp3) is 0.444. The second-order valence-electron chi connectivity index (χ2n) is 2.86. The van der Waals surface area contributed by atoms with Crippen LogP contribution in [0.25, 0.3) is 5.57 Å². The van der Waals surface area contributed by atoms with Crippen LogP contribution in [0.15, 0.2) is 18.5 Å². The SMILES string of the molecule is C/C=C1\CCCn2ccnc21. The number of imidazole rings is 1. The Bertz CT molecular complexity index is 284. The van der Waals surface area contributed by atoms with E-state index < -0.39 is 0 Å². The van der Waals surface area contributed by atoms with E-state index in [1.54, 1.807) is 0 Å². The van der Waals surface area contributed by atoms with Crippen LogP contribution in [-0.4, -0.2) is 9.55 Å². The van der Waals surface area contributed by atoms with Crippen LogP contribution >= 0.6 is 0 Å². The molecule has 1 aliphatic rings. The molecule has 0 N–H and O–H groups in total. The van der Waals surface area contributed by atoms with Gasteiger partial charge in [-0.25, -0.2) is 4.98 Å². The van der Waals surface area contributed by atoms with E-state index in [1.807, 2.05) is 6.20 Å². The molecule has 0 saturated heterocycles. The Morgan fingerprint density at radius 1 is 1.64 bits per heavy atom. The smallest absolute Gasteiger partial charge is 0.135 e. The van der Waals surface area contributed by atoms with Crippen LogP contribution in [0.2, 0.25) is 0 Å². The van der Waals surface area contributed by atoms with Crippen molar-refractivity contribution in [3.8, 4) is 0 Å². The van der Waals surface area contributed by atoms with E-state index in [9.17, 15) is 0 Å². The monoisotopic (exact) mass is 148 g/mol. The minimum atomic E-state index is 1.13. The number of aromatic nitrogens is 2. The van der Waals surface area contributed by atoms with E-state index in [2.05, 4.69) is 28.7 Å². The molecular weight excluding hydrogens is 136 g/mol. The number of rotatable bonds is 0. The zero-order valence-electron chi connectivity index (χ0n) is 6.75. The van der Waals surface area contributed by atoms with Gasteiger partial charge in [0.25, 0.3) is 0 Å². The van der Waals surface area contributed by atoms with Crippen LogP contribution in [0.1, 0.15) is 25.6 Å². The predicted octanol–water partition coefficient (Wildman–Crippen LogP) is 2.08. The summed E-state index contributed by atoms with van der Waals surface area (Å²) in [5, 5.41) is 0. The molecular formula is C9H12N2. The lowest BCUT2D eigenvalue weighted by molar-refractivity contribution is 0.612. The van der Waals surface area contributed by atoms with Gasteiger partial charge in [-0.2, -0.15) is 0 Å². The van der Waals surface area contributed by atoms with Crippen LogP contribution in [-0.2, 0) is 6.54 Å². The Hall–Kier alpha value is -1.05. The van der Waals surface area contributed by atoms with E-state index in [1.165, 1.54) is 24.2 Å². The van der Waals surface area contributed by atoms with Gasteiger partial charge in [0.15, 0.2) is 0 Å². The molecule has 0 aromatic carbocycles. The van der Waals surface area contributed by atoms with Gasteiger partial charge in [0.05, 0.1) is 0 Å². The predicted molar refractivity (Wildman–Crippen MR) is 45.1 cm³/mol. The van der Waals surface area contributed by atoms with Gasteiger partial charge < -0.3 is 4.57 Å². The van der Waals surface area contributed by atoms with Crippen LogP contribution in [0.5, 0.6) is 0 Å². The Morgan fingerprint density at radius 2 is 2.55 bits per heavy atom. The second kappa shape index (κ2) is 2.53. The summed E-state index contributed by atoms with van der Waals surface area (Å²) in [4.78, 5) is 4.30. The maximum absolute atomic E-state index is 4.30. The average Bonchev–Trinajstić information content (AvgIpc) is 2.50. The number of fused-ring (bicyclic) bond motifs is 1. The summed E-state index contributed by atoms with van der Waals surface area (Å²) in [5.41, 5.74) is 1.39. The highest BCUT2D eigenvalue weighted by Gasteiger charge is 2.12. The highest BCUT2D eigenvalue weighted by Crippen LogP contribution is 2.23. The normalized spacial score (nSPS) is 20.3. The van der Waals surface area contributed by atoms with Crippen molar-refractivity contribution in [3.63, 3.8) is 0 Å². The molecule has 58 valence electrons. The zero-order valence-corrected chi connectivity index (χ0v) is 6.75. The van der Waals surface area contributed by atoms with E-state index in [0.29, 0.717) is 0 Å². The summed E-state index contributed by atoms with van der Waals surface area (Å²) in [6, 6.07) is 0. The summed E-state index contributed by atoms with van der Waals surface area (Å²) < 4.78 is 2.22. The topological polar surface area (TPSA) is 17.8 Å². The van der Waals surface area contributed by atoms with Gasteiger partial charge in [0, 0.05) is 18.9 Å². The molecule has 0 fully saturated rings. The number of nitrogens with zero attached hydrogens (tertiary/aromatic N) is 2. The van der Waals surface area contributed by atoms with Crippen molar-refractivity contribution in [2.75, 3.05) is 0 Å². The summed E-state index contributed by atoms with van der Waals surface area (Å²) in [6.45, 7) is 3.21. The van der Waals surface area contributed by atoms with Crippen molar-refractivity contribution in [1.29, 1.82) is 0 Å². The summed E-state index contributed by atoms with van der Waals surface area (Å²) in [6.07, 6.45) is 8.54. The highest BCUT2D eigenvalue weighted by atomic mass is 15.1. The van der Waals surface area contributed by atoms with Gasteiger partial charge in [-0.15, -0.1) is 0 Å². The molecule has 0 spiro atoms. The fourth-order valence-electron chi connectivity index (χ4n) is 1.60. The van der Waals surface area contributed by atoms with Gasteiger partial charge in [-0.05, 0) is 25.3 Å². The maximum Gasteiger partial charge on any atom is 0.135 e. The summed E-state index contributed by atoms with van der Waals surface area (Å²) in [7, 11) is 0. The van der Waals surface area contributed by atoms with Gasteiger partial charge in [-0.1, -0.05) is 6.08 Å².